The molecule has 0 spiro atoms. The van der Waals surface area contributed by atoms with E-state index in [9.17, 15) is 18.3 Å². The molecule has 1 aliphatic heterocycles. The van der Waals surface area contributed by atoms with Crippen LogP contribution in [0.3, 0.4) is 0 Å². The van der Waals surface area contributed by atoms with Crippen molar-refractivity contribution in [3.05, 3.63) is 47.7 Å². The highest BCUT2D eigenvalue weighted by atomic mass is 19.4. The fourth-order valence-corrected chi connectivity index (χ4v) is 4.45. The molecule has 7 nitrogen and oxygen atoms in total. The van der Waals surface area contributed by atoms with Crippen LogP contribution in [0, 0.1) is 5.92 Å². The molecule has 1 N–H and O–H groups in total. The zero-order valence-corrected chi connectivity index (χ0v) is 18.4. The topological polar surface area (TPSA) is 71.5 Å². The van der Waals surface area contributed by atoms with Crippen LogP contribution in [-0.4, -0.2) is 53.7 Å². The van der Waals surface area contributed by atoms with E-state index in [1.54, 1.807) is 0 Å². The van der Waals surface area contributed by atoms with Gasteiger partial charge in [0, 0.05) is 19.3 Å². The summed E-state index contributed by atoms with van der Waals surface area (Å²) in [5.74, 6) is 0.300. The number of halogens is 3. The first-order valence-corrected chi connectivity index (χ1v) is 11.1. The summed E-state index contributed by atoms with van der Waals surface area (Å²) in [6, 6.07) is 6.01. The number of imidazole rings is 1. The maximum Gasteiger partial charge on any atom is 0.423 e. The van der Waals surface area contributed by atoms with E-state index in [2.05, 4.69) is 26.5 Å². The van der Waals surface area contributed by atoms with Crippen molar-refractivity contribution in [2.75, 3.05) is 13.1 Å². The van der Waals surface area contributed by atoms with Gasteiger partial charge in [0.15, 0.2) is 0 Å². The van der Waals surface area contributed by atoms with Gasteiger partial charge in [0.05, 0.1) is 17.6 Å². The smallest absolute Gasteiger partial charge is 0.375 e. The van der Waals surface area contributed by atoms with Crippen LogP contribution in [0.1, 0.15) is 50.2 Å². The van der Waals surface area contributed by atoms with E-state index in [0.29, 0.717) is 12.5 Å². The minimum Gasteiger partial charge on any atom is -0.375 e. The average Bonchev–Trinajstić information content (AvgIpc) is 3.38. The van der Waals surface area contributed by atoms with Gasteiger partial charge in [-0.05, 0) is 56.8 Å². The van der Waals surface area contributed by atoms with Gasteiger partial charge in [0.2, 0.25) is 5.60 Å². The first kappa shape index (κ1) is 22.7. The monoisotopic (exact) mass is 450 g/mol. The maximum absolute atomic E-state index is 13.3. The third-order valence-corrected chi connectivity index (χ3v) is 6.52. The van der Waals surface area contributed by atoms with Crippen LogP contribution < -0.4 is 0 Å². The number of hydrogen-bond donors (Lipinski definition) is 1. The zero-order valence-electron chi connectivity index (χ0n) is 18.4. The molecule has 1 unspecified atom stereocenters. The normalized spacial score (nSPS) is 18.3. The third-order valence-electron chi connectivity index (χ3n) is 6.52. The summed E-state index contributed by atoms with van der Waals surface area (Å²) in [6.45, 7) is 6.52. The lowest BCUT2D eigenvalue weighted by atomic mass is 9.95. The largest absolute Gasteiger partial charge is 0.423 e. The van der Waals surface area contributed by atoms with Crippen molar-refractivity contribution in [3.8, 4) is 0 Å². The Hall–Kier alpha value is -2.46. The lowest BCUT2D eigenvalue weighted by Gasteiger charge is -2.31. The van der Waals surface area contributed by atoms with Gasteiger partial charge in [-0.1, -0.05) is 25.1 Å². The molecule has 0 radical (unpaired) electrons. The molecule has 32 heavy (non-hydrogen) atoms. The molecular weight excluding hydrogens is 421 g/mol. The van der Waals surface area contributed by atoms with Crippen molar-refractivity contribution in [2.45, 2.75) is 64.4 Å². The van der Waals surface area contributed by atoms with E-state index >= 15 is 0 Å². The lowest BCUT2D eigenvalue weighted by molar-refractivity contribution is -0.269. The van der Waals surface area contributed by atoms with Crippen molar-refractivity contribution in [1.29, 1.82) is 0 Å². The van der Waals surface area contributed by atoms with Crippen molar-refractivity contribution >= 4 is 5.65 Å². The summed E-state index contributed by atoms with van der Waals surface area (Å²) in [5.41, 5.74) is -0.110. The second kappa shape index (κ2) is 8.82. The molecule has 1 fully saturated rings. The van der Waals surface area contributed by atoms with E-state index in [0.717, 1.165) is 50.2 Å². The van der Waals surface area contributed by atoms with Crippen molar-refractivity contribution in [3.63, 3.8) is 0 Å². The second-order valence-electron chi connectivity index (χ2n) is 8.54. The van der Waals surface area contributed by atoms with Crippen LogP contribution in [0.5, 0.6) is 0 Å². The Balaban J connectivity index is 1.37. The molecule has 4 rings (SSSR count). The Kier molecular flexibility index (Phi) is 6.26. The molecule has 0 amide bonds. The number of pyridine rings is 1. The number of rotatable bonds is 7. The Morgan fingerprint density at radius 3 is 2.56 bits per heavy atom. The molecule has 0 aliphatic carbocycles. The van der Waals surface area contributed by atoms with E-state index in [1.807, 2.05) is 24.4 Å². The molecule has 3 aromatic rings. The van der Waals surface area contributed by atoms with Crippen LogP contribution in [0.25, 0.3) is 5.65 Å². The number of alkyl halides is 3. The van der Waals surface area contributed by atoms with Gasteiger partial charge in [0.1, 0.15) is 11.3 Å². The highest BCUT2D eigenvalue weighted by Crippen LogP contribution is 2.40. The minimum absolute atomic E-state index is 0.300. The molecule has 174 valence electrons. The number of aliphatic hydroxyl groups is 1. The van der Waals surface area contributed by atoms with Crippen molar-refractivity contribution < 1.29 is 18.3 Å². The number of hydrogen-bond acceptors (Lipinski definition) is 5. The molecule has 0 bridgehead atoms. The SMILES string of the molecule is CCc1nc2ccccn2c1CN1CCC(Cn2cc(C(O)(CC)C(F)(F)F)nn2)CC1. The predicted octanol–water partition coefficient (Wildman–Crippen LogP) is 3.56. The van der Waals surface area contributed by atoms with Crippen LogP contribution in [0.4, 0.5) is 13.2 Å². The Morgan fingerprint density at radius 2 is 1.91 bits per heavy atom. The standard InChI is InChI=1S/C22H29F3N6O/c1-3-17-18(31-10-6-5-7-20(31)26-17)14-29-11-8-16(9-12-29)13-30-15-19(27-28-30)21(32,4-2)22(23,24)25/h5-7,10,15-16,32H,3-4,8-9,11-14H2,1-2H3. The molecule has 10 heteroatoms. The highest BCUT2D eigenvalue weighted by molar-refractivity contribution is 5.43. The summed E-state index contributed by atoms with van der Waals surface area (Å²) < 4.78 is 43.4. The fraction of sp³-hybridized carbons (Fsp3) is 0.591. The minimum atomic E-state index is -4.79. The lowest BCUT2D eigenvalue weighted by Crippen LogP contribution is -2.42. The fourth-order valence-electron chi connectivity index (χ4n) is 4.45. The third kappa shape index (κ3) is 4.25. The van der Waals surface area contributed by atoms with Gasteiger partial charge in [-0.15, -0.1) is 5.10 Å². The number of likely N-dealkylation sites (tertiary alicyclic amines) is 1. The van der Waals surface area contributed by atoms with E-state index in [4.69, 9.17) is 4.98 Å². The Morgan fingerprint density at radius 1 is 1.16 bits per heavy atom. The molecule has 4 heterocycles. The van der Waals surface area contributed by atoms with Gasteiger partial charge in [-0.25, -0.2) is 4.98 Å². The maximum atomic E-state index is 13.3. The van der Waals surface area contributed by atoms with E-state index in [-0.39, 0.29) is 0 Å². The van der Waals surface area contributed by atoms with E-state index < -0.39 is 23.9 Å². The molecule has 3 aromatic heterocycles. The Labute approximate surface area is 184 Å². The second-order valence-corrected chi connectivity index (χ2v) is 8.54. The van der Waals surface area contributed by atoms with Crippen molar-refractivity contribution in [1.82, 2.24) is 29.3 Å². The van der Waals surface area contributed by atoms with Crippen LogP contribution in [0.2, 0.25) is 0 Å². The predicted molar refractivity (Wildman–Crippen MR) is 113 cm³/mol. The van der Waals surface area contributed by atoms with Crippen LogP contribution in [0.15, 0.2) is 30.6 Å². The summed E-state index contributed by atoms with van der Waals surface area (Å²) in [6.07, 6.45) is 0.707. The number of aromatic nitrogens is 5. The van der Waals surface area contributed by atoms with Gasteiger partial charge in [-0.3, -0.25) is 9.58 Å². The summed E-state index contributed by atoms with van der Waals surface area (Å²) in [5, 5.41) is 17.6. The van der Waals surface area contributed by atoms with Crippen LogP contribution >= 0.6 is 0 Å². The molecular formula is C22H29F3N6O. The zero-order chi connectivity index (χ0) is 22.9. The summed E-state index contributed by atoms with van der Waals surface area (Å²) >= 11 is 0. The summed E-state index contributed by atoms with van der Waals surface area (Å²) in [4.78, 5) is 7.13. The highest BCUT2D eigenvalue weighted by Gasteiger charge is 2.55. The number of aryl methyl sites for hydroxylation is 1. The number of nitrogens with zero attached hydrogens (tertiary/aromatic N) is 6. The van der Waals surface area contributed by atoms with Gasteiger partial charge >= 0.3 is 6.18 Å². The first-order valence-electron chi connectivity index (χ1n) is 11.1. The Bertz CT molecular complexity index is 1050. The summed E-state index contributed by atoms with van der Waals surface area (Å²) in [7, 11) is 0. The van der Waals surface area contributed by atoms with Crippen molar-refractivity contribution in [2.24, 2.45) is 5.92 Å². The van der Waals surface area contributed by atoms with Gasteiger partial charge < -0.3 is 9.51 Å². The molecule has 1 atom stereocenters. The molecule has 1 aliphatic rings. The van der Waals surface area contributed by atoms with Crippen LogP contribution in [-0.2, 0) is 25.1 Å². The average molecular weight is 451 g/mol. The number of fused-ring (bicyclic) bond motifs is 1. The number of piperidine rings is 1. The quantitative estimate of drug-likeness (QED) is 0.596. The van der Waals surface area contributed by atoms with E-state index in [1.165, 1.54) is 23.5 Å². The molecule has 1 saturated heterocycles. The van der Waals surface area contributed by atoms with Gasteiger partial charge in [-0.2, -0.15) is 13.2 Å². The van der Waals surface area contributed by atoms with Gasteiger partial charge in [0.25, 0.3) is 0 Å². The molecule has 0 saturated carbocycles. The first-order chi connectivity index (χ1) is 15.2. The molecule has 0 aromatic carbocycles.